The number of thiophene rings is 1. The average molecular weight is 315 g/mol. The lowest BCUT2D eigenvalue weighted by Gasteiger charge is -2.14. The molecule has 0 aromatic carbocycles. The zero-order chi connectivity index (χ0) is 14.2. The van der Waals surface area contributed by atoms with Crippen molar-refractivity contribution in [2.45, 2.75) is 42.8 Å². The van der Waals surface area contributed by atoms with Gasteiger partial charge in [-0.05, 0) is 44.3 Å². The van der Waals surface area contributed by atoms with E-state index in [1.165, 1.54) is 24.2 Å². The fourth-order valence-electron chi connectivity index (χ4n) is 2.54. The average Bonchev–Trinajstić information content (AvgIpc) is 2.93. The third-order valence-electron chi connectivity index (χ3n) is 3.84. The second-order valence-corrected chi connectivity index (χ2v) is 8.42. The molecule has 2 heterocycles. The van der Waals surface area contributed by atoms with E-state index in [0.717, 1.165) is 24.4 Å². The summed E-state index contributed by atoms with van der Waals surface area (Å²) in [6.45, 7) is 2.40. The lowest BCUT2D eigenvalue weighted by atomic mass is 10.3. The Kier molecular flexibility index (Phi) is 4.14. The fourth-order valence-corrected chi connectivity index (χ4v) is 5.19. The van der Waals surface area contributed by atoms with Crippen molar-refractivity contribution in [1.29, 1.82) is 0 Å². The third-order valence-corrected chi connectivity index (χ3v) is 6.49. The maximum atomic E-state index is 12.5. The van der Waals surface area contributed by atoms with Crippen LogP contribution < -0.4 is 10.0 Å². The van der Waals surface area contributed by atoms with Gasteiger partial charge in [0.05, 0.1) is 4.90 Å². The number of likely N-dealkylation sites (N-methyl/N-ethyl adjacent to an activating group) is 1. The van der Waals surface area contributed by atoms with Crippen LogP contribution in [-0.4, -0.2) is 45.5 Å². The molecule has 1 unspecified atom stereocenters. The van der Waals surface area contributed by atoms with E-state index in [0.29, 0.717) is 17.5 Å². The summed E-state index contributed by atoms with van der Waals surface area (Å²) in [6, 6.07) is 2.34. The molecule has 0 spiro atoms. The van der Waals surface area contributed by atoms with Gasteiger partial charge in [-0.2, -0.15) is 0 Å². The predicted octanol–water partition coefficient (Wildman–Crippen LogP) is 0.983. The predicted molar refractivity (Wildman–Crippen MR) is 80.4 cm³/mol. The van der Waals surface area contributed by atoms with Crippen LogP contribution in [0.15, 0.2) is 16.3 Å². The van der Waals surface area contributed by atoms with Crippen LogP contribution in [-0.2, 0) is 16.6 Å². The van der Waals surface area contributed by atoms with Gasteiger partial charge >= 0.3 is 0 Å². The Labute approximate surface area is 124 Å². The minimum absolute atomic E-state index is 0.0362. The van der Waals surface area contributed by atoms with Gasteiger partial charge in [-0.25, -0.2) is 13.1 Å². The van der Waals surface area contributed by atoms with Crippen molar-refractivity contribution in [2.75, 3.05) is 20.1 Å². The Hall–Kier alpha value is -0.470. The number of likely N-dealkylation sites (tertiary alicyclic amines) is 1. The minimum atomic E-state index is -3.39. The van der Waals surface area contributed by atoms with Crippen molar-refractivity contribution < 1.29 is 8.42 Å². The van der Waals surface area contributed by atoms with Crippen molar-refractivity contribution in [3.63, 3.8) is 0 Å². The maximum Gasteiger partial charge on any atom is 0.242 e. The first-order valence-corrected chi connectivity index (χ1v) is 9.41. The van der Waals surface area contributed by atoms with E-state index in [4.69, 9.17) is 0 Å². The molecule has 3 rings (SSSR count). The van der Waals surface area contributed by atoms with E-state index in [2.05, 4.69) is 14.9 Å². The van der Waals surface area contributed by atoms with Crippen molar-refractivity contribution >= 4 is 21.4 Å². The topological polar surface area (TPSA) is 61.4 Å². The highest BCUT2D eigenvalue weighted by atomic mass is 32.2. The van der Waals surface area contributed by atoms with E-state index < -0.39 is 10.0 Å². The Balaban J connectivity index is 1.68. The first-order valence-electron chi connectivity index (χ1n) is 7.05. The molecule has 2 aliphatic rings. The summed E-state index contributed by atoms with van der Waals surface area (Å²) in [5.41, 5.74) is 0. The van der Waals surface area contributed by atoms with Crippen molar-refractivity contribution in [3.05, 3.63) is 16.3 Å². The van der Waals surface area contributed by atoms with Crippen LogP contribution in [0.25, 0.3) is 0 Å². The molecular weight excluding hydrogens is 294 g/mol. The molecule has 0 amide bonds. The molecule has 1 aromatic heterocycles. The molecule has 2 N–H and O–H groups in total. The van der Waals surface area contributed by atoms with Crippen LogP contribution >= 0.6 is 11.3 Å². The van der Waals surface area contributed by atoms with Gasteiger partial charge in [0.25, 0.3) is 0 Å². The van der Waals surface area contributed by atoms with Crippen LogP contribution in [0.1, 0.15) is 24.1 Å². The zero-order valence-corrected chi connectivity index (χ0v) is 13.3. The molecule has 5 nitrogen and oxygen atoms in total. The highest BCUT2D eigenvalue weighted by Gasteiger charge is 2.28. The van der Waals surface area contributed by atoms with Gasteiger partial charge in [-0.15, -0.1) is 11.3 Å². The number of hydrogen-bond donors (Lipinski definition) is 2. The van der Waals surface area contributed by atoms with Crippen LogP contribution in [0, 0.1) is 0 Å². The molecule has 1 aromatic rings. The molecule has 1 saturated heterocycles. The Morgan fingerprint density at radius 1 is 1.35 bits per heavy atom. The number of rotatable bonds is 6. The van der Waals surface area contributed by atoms with Crippen molar-refractivity contribution in [1.82, 2.24) is 14.9 Å². The molecule has 2 fully saturated rings. The number of sulfonamides is 1. The molecule has 0 radical (unpaired) electrons. The molecule has 1 saturated carbocycles. The molecule has 1 atom stereocenters. The minimum Gasteiger partial charge on any atom is -0.309 e. The second-order valence-electron chi connectivity index (χ2n) is 5.73. The van der Waals surface area contributed by atoms with Gasteiger partial charge in [0.1, 0.15) is 0 Å². The van der Waals surface area contributed by atoms with Crippen molar-refractivity contribution in [3.8, 4) is 0 Å². The van der Waals surface area contributed by atoms with Crippen LogP contribution in [0.5, 0.6) is 0 Å². The van der Waals surface area contributed by atoms with E-state index in [-0.39, 0.29) is 6.04 Å². The summed E-state index contributed by atoms with van der Waals surface area (Å²) in [4.78, 5) is 3.51. The van der Waals surface area contributed by atoms with E-state index in [1.54, 1.807) is 6.07 Å². The van der Waals surface area contributed by atoms with Gasteiger partial charge in [-0.1, -0.05) is 0 Å². The van der Waals surface area contributed by atoms with E-state index in [1.807, 2.05) is 12.4 Å². The first kappa shape index (κ1) is 14.5. The monoisotopic (exact) mass is 315 g/mol. The molecule has 20 heavy (non-hydrogen) atoms. The second kappa shape index (κ2) is 5.73. The summed E-state index contributed by atoms with van der Waals surface area (Å²) in [7, 11) is -1.37. The first-order chi connectivity index (χ1) is 9.54. The van der Waals surface area contributed by atoms with Gasteiger partial charge in [0, 0.05) is 30.1 Å². The Morgan fingerprint density at radius 3 is 2.80 bits per heavy atom. The maximum absolute atomic E-state index is 12.5. The largest absolute Gasteiger partial charge is 0.309 e. The van der Waals surface area contributed by atoms with Gasteiger partial charge in [0.15, 0.2) is 0 Å². The Morgan fingerprint density at radius 2 is 2.15 bits per heavy atom. The van der Waals surface area contributed by atoms with Gasteiger partial charge in [-0.3, -0.25) is 0 Å². The molecular formula is C13H21N3O2S2. The number of hydrogen-bond acceptors (Lipinski definition) is 5. The summed E-state index contributed by atoms with van der Waals surface area (Å²) in [6.07, 6.45) is 3.30. The van der Waals surface area contributed by atoms with Gasteiger partial charge < -0.3 is 10.2 Å². The standard InChI is InChI=1S/C13H21N3O2S2/c1-16-6-4-11(9-16)15-20(17,18)13-5-7-19-12(13)8-14-10-2-3-10/h5,7,10-11,14-15H,2-4,6,8-9H2,1H3. The van der Waals surface area contributed by atoms with E-state index >= 15 is 0 Å². The lowest BCUT2D eigenvalue weighted by Crippen LogP contribution is -2.36. The molecule has 0 bridgehead atoms. The normalized spacial score (nSPS) is 24.4. The molecule has 7 heteroatoms. The van der Waals surface area contributed by atoms with Gasteiger partial charge in [0.2, 0.25) is 10.0 Å². The summed E-state index contributed by atoms with van der Waals surface area (Å²) in [5, 5.41) is 5.24. The third kappa shape index (κ3) is 3.40. The summed E-state index contributed by atoms with van der Waals surface area (Å²) >= 11 is 1.51. The quantitative estimate of drug-likeness (QED) is 0.822. The number of nitrogens with one attached hydrogen (secondary N) is 2. The smallest absolute Gasteiger partial charge is 0.242 e. The molecule has 1 aliphatic heterocycles. The Bertz CT molecular complexity index is 566. The highest BCUT2D eigenvalue weighted by Crippen LogP contribution is 2.25. The number of nitrogens with zero attached hydrogens (tertiary/aromatic N) is 1. The van der Waals surface area contributed by atoms with Crippen molar-refractivity contribution in [2.24, 2.45) is 0 Å². The summed E-state index contributed by atoms with van der Waals surface area (Å²) < 4.78 is 27.8. The molecule has 1 aliphatic carbocycles. The zero-order valence-electron chi connectivity index (χ0n) is 11.6. The lowest BCUT2D eigenvalue weighted by molar-refractivity contribution is 0.407. The highest BCUT2D eigenvalue weighted by molar-refractivity contribution is 7.89. The summed E-state index contributed by atoms with van der Waals surface area (Å²) in [5.74, 6) is 0. The SMILES string of the molecule is CN1CCC(NS(=O)(=O)c2ccsc2CNC2CC2)C1. The fraction of sp³-hybridized carbons (Fsp3) is 0.692. The molecule has 112 valence electrons. The van der Waals surface area contributed by atoms with Crippen LogP contribution in [0.4, 0.5) is 0 Å². The van der Waals surface area contributed by atoms with Crippen LogP contribution in [0.3, 0.4) is 0 Å². The van der Waals surface area contributed by atoms with E-state index in [9.17, 15) is 8.42 Å². The van der Waals surface area contributed by atoms with Crippen LogP contribution in [0.2, 0.25) is 0 Å².